The molecule has 1 aliphatic heterocycles. The predicted octanol–water partition coefficient (Wildman–Crippen LogP) is 5.64. The number of hydrogen-bond donors (Lipinski definition) is 1. The van der Waals surface area contributed by atoms with Crippen LogP contribution in [0.4, 0.5) is 5.69 Å². The zero-order valence-corrected chi connectivity index (χ0v) is 20.5. The van der Waals surface area contributed by atoms with Crippen molar-refractivity contribution in [1.82, 2.24) is 9.88 Å². The van der Waals surface area contributed by atoms with E-state index in [-0.39, 0.29) is 17.6 Å². The molecular weight excluding hydrogens is 466 g/mol. The third kappa shape index (κ3) is 3.97. The third-order valence-electron chi connectivity index (χ3n) is 6.21. The maximum Gasteiger partial charge on any atom is 0.248 e. The fraction of sp³-hybridized carbons (Fsp3) is 0.185. The van der Waals surface area contributed by atoms with Crippen LogP contribution in [-0.2, 0) is 23.2 Å². The second-order valence-electron chi connectivity index (χ2n) is 8.39. The number of para-hydroxylation sites is 1. The molecule has 1 aliphatic rings. The number of anilines is 1. The molecule has 0 bridgehead atoms. The Bertz CT molecular complexity index is 1400. The lowest BCUT2D eigenvalue weighted by Crippen LogP contribution is -2.43. The maximum absolute atomic E-state index is 13.9. The Labute approximate surface area is 207 Å². The van der Waals surface area contributed by atoms with Crippen LogP contribution in [0.1, 0.15) is 22.7 Å². The molecule has 0 fully saturated rings. The summed E-state index contributed by atoms with van der Waals surface area (Å²) in [6.45, 7) is 2.29. The van der Waals surface area contributed by atoms with E-state index in [0.717, 1.165) is 32.6 Å². The van der Waals surface area contributed by atoms with E-state index in [1.165, 1.54) is 11.8 Å². The van der Waals surface area contributed by atoms with E-state index in [1.807, 2.05) is 80.7 Å². The van der Waals surface area contributed by atoms with E-state index < -0.39 is 6.04 Å². The molecule has 2 heterocycles. The van der Waals surface area contributed by atoms with Crippen LogP contribution in [0.5, 0.6) is 0 Å². The Balaban J connectivity index is 1.66. The first-order valence-electron chi connectivity index (χ1n) is 11.1. The smallest absolute Gasteiger partial charge is 0.248 e. The molecule has 1 aromatic heterocycles. The van der Waals surface area contributed by atoms with Crippen molar-refractivity contribution in [3.05, 3.63) is 94.5 Å². The lowest BCUT2D eigenvalue weighted by atomic mass is 10.0. The van der Waals surface area contributed by atoms with E-state index >= 15 is 0 Å². The minimum atomic E-state index is -0.828. The summed E-state index contributed by atoms with van der Waals surface area (Å²) in [5, 5.41) is 5.52. The van der Waals surface area contributed by atoms with E-state index in [9.17, 15) is 9.59 Å². The Morgan fingerprint density at radius 2 is 1.82 bits per heavy atom. The van der Waals surface area contributed by atoms with Gasteiger partial charge < -0.3 is 9.88 Å². The monoisotopic (exact) mass is 489 g/mol. The summed E-state index contributed by atoms with van der Waals surface area (Å²) in [7, 11) is 1.98. The van der Waals surface area contributed by atoms with Gasteiger partial charge >= 0.3 is 0 Å². The molecular formula is C27H24ClN3O2S. The zero-order chi connectivity index (χ0) is 23.8. The number of halogens is 1. The summed E-state index contributed by atoms with van der Waals surface area (Å²) in [4.78, 5) is 29.0. The summed E-state index contributed by atoms with van der Waals surface area (Å²) >= 11 is 7.91. The Kier molecular flexibility index (Phi) is 6.11. The minimum absolute atomic E-state index is 0.134. The van der Waals surface area contributed by atoms with Gasteiger partial charge in [-0.05, 0) is 36.2 Å². The highest BCUT2D eigenvalue weighted by Gasteiger charge is 2.39. The number of benzene rings is 3. The van der Waals surface area contributed by atoms with Gasteiger partial charge in [0.1, 0.15) is 6.04 Å². The number of aryl methyl sites for hydroxylation is 2. The van der Waals surface area contributed by atoms with Crippen LogP contribution in [0.2, 0.25) is 5.02 Å². The molecule has 5 nitrogen and oxygen atoms in total. The van der Waals surface area contributed by atoms with Gasteiger partial charge in [0.2, 0.25) is 11.8 Å². The number of nitrogens with one attached hydrogen (secondary N) is 1. The summed E-state index contributed by atoms with van der Waals surface area (Å²) in [6, 6.07) is 22.4. The van der Waals surface area contributed by atoms with Crippen LogP contribution in [0.3, 0.4) is 0 Å². The number of hydrogen-bond acceptors (Lipinski definition) is 3. The van der Waals surface area contributed by atoms with Crippen LogP contribution in [0.15, 0.2) is 77.8 Å². The fourth-order valence-electron chi connectivity index (χ4n) is 4.47. The highest BCUT2D eigenvalue weighted by Crippen LogP contribution is 2.43. The number of nitrogens with zero attached hydrogens (tertiary/aromatic N) is 2. The first-order chi connectivity index (χ1) is 16.5. The normalized spacial score (nSPS) is 15.8. The van der Waals surface area contributed by atoms with Gasteiger partial charge in [-0.25, -0.2) is 0 Å². The first kappa shape index (κ1) is 22.6. The van der Waals surface area contributed by atoms with Crippen LogP contribution in [-0.4, -0.2) is 22.1 Å². The van der Waals surface area contributed by atoms with Crippen molar-refractivity contribution in [2.75, 3.05) is 10.7 Å². The largest absolute Gasteiger partial charge is 0.350 e. The van der Waals surface area contributed by atoms with Crippen LogP contribution < -0.4 is 10.2 Å². The van der Waals surface area contributed by atoms with E-state index in [1.54, 1.807) is 11.0 Å². The fourth-order valence-corrected chi connectivity index (χ4v) is 5.71. The second kappa shape index (κ2) is 9.20. The SMILES string of the molecule is Cc1ccc(N2C(=O)CSc3c(c4ccccc4n3C)C2C(=O)NCc2ccccc2)cc1Cl. The van der Waals surface area contributed by atoms with Crippen molar-refractivity contribution in [2.24, 2.45) is 7.05 Å². The standard InChI is InChI=1S/C27H24ClN3O2S/c1-17-12-13-19(14-21(17)28)31-23(32)16-34-27-24(20-10-6-7-11-22(20)30(27)2)25(31)26(33)29-15-18-8-4-3-5-9-18/h3-14,25H,15-16H2,1-2H3,(H,29,33). The molecule has 2 amide bonds. The summed E-state index contributed by atoms with van der Waals surface area (Å²) < 4.78 is 2.08. The number of carbonyl (C=O) groups is 2. The van der Waals surface area contributed by atoms with Gasteiger partial charge in [0, 0.05) is 40.8 Å². The molecule has 3 aromatic carbocycles. The minimum Gasteiger partial charge on any atom is -0.350 e. The Hall–Kier alpha value is -3.22. The van der Waals surface area contributed by atoms with Gasteiger partial charge in [0.25, 0.3) is 0 Å². The van der Waals surface area contributed by atoms with Gasteiger partial charge in [0.05, 0.1) is 10.8 Å². The highest BCUT2D eigenvalue weighted by atomic mass is 35.5. The molecule has 7 heteroatoms. The number of fused-ring (bicyclic) bond motifs is 3. The van der Waals surface area contributed by atoms with Crippen molar-refractivity contribution >= 4 is 51.8 Å². The molecule has 0 radical (unpaired) electrons. The summed E-state index contributed by atoms with van der Waals surface area (Å²) in [5.74, 6) is -0.135. The molecule has 4 aromatic rings. The molecule has 1 atom stereocenters. The molecule has 5 rings (SSSR count). The van der Waals surface area contributed by atoms with Gasteiger partial charge in [-0.1, -0.05) is 78.0 Å². The summed E-state index contributed by atoms with van der Waals surface area (Å²) in [5.41, 5.74) is 4.39. The van der Waals surface area contributed by atoms with Crippen molar-refractivity contribution in [3.8, 4) is 0 Å². The molecule has 0 spiro atoms. The molecule has 172 valence electrons. The molecule has 0 aliphatic carbocycles. The van der Waals surface area contributed by atoms with E-state index in [2.05, 4.69) is 9.88 Å². The number of rotatable bonds is 4. The van der Waals surface area contributed by atoms with Crippen molar-refractivity contribution in [1.29, 1.82) is 0 Å². The first-order valence-corrected chi connectivity index (χ1v) is 12.4. The molecule has 1 N–H and O–H groups in total. The van der Waals surface area contributed by atoms with Crippen LogP contribution in [0, 0.1) is 6.92 Å². The zero-order valence-electron chi connectivity index (χ0n) is 18.9. The number of carbonyl (C=O) groups excluding carboxylic acids is 2. The molecule has 0 saturated carbocycles. The molecule has 1 unspecified atom stereocenters. The third-order valence-corrected chi connectivity index (χ3v) is 7.78. The van der Waals surface area contributed by atoms with E-state index in [0.29, 0.717) is 17.3 Å². The predicted molar refractivity (Wildman–Crippen MR) is 138 cm³/mol. The maximum atomic E-state index is 13.9. The number of aromatic nitrogens is 1. The van der Waals surface area contributed by atoms with E-state index in [4.69, 9.17) is 11.6 Å². The second-order valence-corrected chi connectivity index (χ2v) is 9.76. The van der Waals surface area contributed by atoms with Crippen molar-refractivity contribution in [2.45, 2.75) is 24.5 Å². The van der Waals surface area contributed by atoms with Gasteiger partial charge in [-0.3, -0.25) is 14.5 Å². The van der Waals surface area contributed by atoms with Crippen molar-refractivity contribution < 1.29 is 9.59 Å². The van der Waals surface area contributed by atoms with Gasteiger partial charge in [-0.15, -0.1) is 0 Å². The number of thioether (sulfide) groups is 1. The average molecular weight is 490 g/mol. The topological polar surface area (TPSA) is 54.3 Å². The average Bonchev–Trinajstić information content (AvgIpc) is 3.02. The van der Waals surface area contributed by atoms with Crippen LogP contribution in [0.25, 0.3) is 10.9 Å². The van der Waals surface area contributed by atoms with Gasteiger partial charge in [0.15, 0.2) is 0 Å². The highest BCUT2D eigenvalue weighted by molar-refractivity contribution is 8.00. The Morgan fingerprint density at radius 1 is 1.09 bits per heavy atom. The summed E-state index contributed by atoms with van der Waals surface area (Å²) in [6.07, 6.45) is 0. The number of amides is 2. The lowest BCUT2D eigenvalue weighted by molar-refractivity contribution is -0.125. The van der Waals surface area contributed by atoms with Crippen molar-refractivity contribution in [3.63, 3.8) is 0 Å². The molecule has 0 saturated heterocycles. The quantitative estimate of drug-likeness (QED) is 0.404. The molecule has 34 heavy (non-hydrogen) atoms. The van der Waals surface area contributed by atoms with Crippen LogP contribution >= 0.6 is 23.4 Å². The van der Waals surface area contributed by atoms with Gasteiger partial charge in [-0.2, -0.15) is 0 Å². The lowest BCUT2D eigenvalue weighted by Gasteiger charge is -2.30. The Morgan fingerprint density at radius 3 is 2.59 bits per heavy atom.